The van der Waals surface area contributed by atoms with Gasteiger partial charge in [0.05, 0.1) is 34.3 Å². The summed E-state index contributed by atoms with van der Waals surface area (Å²) in [7, 11) is 1.80. The molecule has 1 aliphatic heterocycles. The van der Waals surface area contributed by atoms with Crippen LogP contribution in [0.1, 0.15) is 24.4 Å². The second-order valence-corrected chi connectivity index (χ2v) is 8.89. The van der Waals surface area contributed by atoms with E-state index in [1.807, 2.05) is 24.8 Å². The highest BCUT2D eigenvalue weighted by Gasteiger charge is 2.28. The van der Waals surface area contributed by atoms with Crippen LogP contribution in [0.5, 0.6) is 0 Å². The van der Waals surface area contributed by atoms with Gasteiger partial charge in [-0.05, 0) is 48.1 Å². The zero-order chi connectivity index (χ0) is 22.4. The number of pyridine rings is 1. The van der Waals surface area contributed by atoms with Gasteiger partial charge in [0.2, 0.25) is 0 Å². The summed E-state index contributed by atoms with van der Waals surface area (Å²) in [6.45, 7) is 1.60. The molecule has 1 aliphatic rings. The molecule has 1 N–H and O–H groups in total. The number of benzene rings is 2. The lowest BCUT2D eigenvalue weighted by Gasteiger charge is -2.32. The molecule has 2 aromatic carbocycles. The van der Waals surface area contributed by atoms with Gasteiger partial charge in [0.15, 0.2) is 0 Å². The maximum Gasteiger partial charge on any atom is 0.259 e. The molecule has 166 valence electrons. The molecular formula is C27H26N4O2. The molecule has 1 atom stereocenters. The van der Waals surface area contributed by atoms with Gasteiger partial charge in [-0.1, -0.05) is 36.4 Å². The minimum absolute atomic E-state index is 0.00442. The van der Waals surface area contributed by atoms with Crippen LogP contribution in [-0.4, -0.2) is 32.3 Å². The van der Waals surface area contributed by atoms with Crippen molar-refractivity contribution in [3.05, 3.63) is 89.2 Å². The molecular weight excluding hydrogens is 412 g/mol. The molecule has 0 spiro atoms. The van der Waals surface area contributed by atoms with Crippen molar-refractivity contribution in [1.29, 1.82) is 0 Å². The van der Waals surface area contributed by atoms with Gasteiger partial charge in [-0.25, -0.2) is 4.98 Å². The van der Waals surface area contributed by atoms with Crippen LogP contribution < -0.4 is 5.56 Å². The van der Waals surface area contributed by atoms with Gasteiger partial charge in [-0.15, -0.1) is 0 Å². The second kappa shape index (κ2) is 8.05. The van der Waals surface area contributed by atoms with Crippen molar-refractivity contribution in [2.24, 2.45) is 13.0 Å². The zero-order valence-corrected chi connectivity index (χ0v) is 18.6. The Morgan fingerprint density at radius 3 is 2.73 bits per heavy atom. The molecule has 6 heteroatoms. The van der Waals surface area contributed by atoms with Crippen LogP contribution in [0.15, 0.2) is 78.1 Å². The number of hydrogen-bond acceptors (Lipinski definition) is 3. The summed E-state index contributed by atoms with van der Waals surface area (Å²) in [6.07, 6.45) is 7.78. The van der Waals surface area contributed by atoms with E-state index in [2.05, 4.69) is 58.1 Å². The number of aryl methyl sites for hydroxylation is 1. The minimum Gasteiger partial charge on any atom is -0.381 e. The van der Waals surface area contributed by atoms with Crippen molar-refractivity contribution in [2.45, 2.75) is 18.9 Å². The van der Waals surface area contributed by atoms with Gasteiger partial charge in [-0.2, -0.15) is 0 Å². The predicted molar refractivity (Wildman–Crippen MR) is 130 cm³/mol. The van der Waals surface area contributed by atoms with E-state index in [0.29, 0.717) is 11.3 Å². The first kappa shape index (κ1) is 20.0. The van der Waals surface area contributed by atoms with Crippen molar-refractivity contribution in [3.63, 3.8) is 0 Å². The maximum atomic E-state index is 12.5. The van der Waals surface area contributed by atoms with E-state index in [-0.39, 0.29) is 11.6 Å². The standard InChI is InChI=1S/C27H26N4O2/c1-30-16-22(25-21(27(30)32)9-12-28-25)20-7-8-23-24(15-20)31(17-29-23)26(18-5-3-2-4-6-18)19-10-13-33-14-11-19/h2-9,12,15-17,19,26,28H,10-11,13-14H2,1H3. The lowest BCUT2D eigenvalue weighted by molar-refractivity contribution is 0.0547. The van der Waals surface area contributed by atoms with Crippen LogP contribution in [0.4, 0.5) is 0 Å². The van der Waals surface area contributed by atoms with Crippen molar-refractivity contribution in [1.82, 2.24) is 19.1 Å². The number of nitrogens with one attached hydrogen (secondary N) is 1. The van der Waals surface area contributed by atoms with Gasteiger partial charge in [0.25, 0.3) is 5.56 Å². The second-order valence-electron chi connectivity index (χ2n) is 8.89. The Bertz CT molecular complexity index is 1490. The number of H-pyrrole nitrogens is 1. The maximum absolute atomic E-state index is 12.5. The van der Waals surface area contributed by atoms with Gasteiger partial charge in [0, 0.05) is 38.2 Å². The molecule has 33 heavy (non-hydrogen) atoms. The van der Waals surface area contributed by atoms with E-state index in [1.54, 1.807) is 11.6 Å². The SMILES string of the molecule is Cn1cc(-c2ccc3ncn(C(c4ccccc4)C4CCOCC4)c3c2)c2[nH]ccc2c1=O. The van der Waals surface area contributed by atoms with E-state index < -0.39 is 0 Å². The van der Waals surface area contributed by atoms with Crippen LogP contribution in [-0.2, 0) is 11.8 Å². The monoisotopic (exact) mass is 438 g/mol. The molecule has 0 radical (unpaired) electrons. The molecule has 1 unspecified atom stereocenters. The largest absolute Gasteiger partial charge is 0.381 e. The molecule has 0 aliphatic carbocycles. The summed E-state index contributed by atoms with van der Waals surface area (Å²) < 4.78 is 9.65. The first-order valence-corrected chi connectivity index (χ1v) is 11.5. The Morgan fingerprint density at radius 1 is 1.09 bits per heavy atom. The number of fused-ring (bicyclic) bond motifs is 2. The number of rotatable bonds is 4. The van der Waals surface area contributed by atoms with Crippen LogP contribution in [0.2, 0.25) is 0 Å². The number of hydrogen-bond donors (Lipinski definition) is 1. The Morgan fingerprint density at radius 2 is 1.91 bits per heavy atom. The Hall–Kier alpha value is -3.64. The molecule has 6 rings (SSSR count). The molecule has 0 bridgehead atoms. The number of imidazole rings is 1. The average Bonchev–Trinajstić information content (AvgIpc) is 3.51. The lowest BCUT2D eigenvalue weighted by atomic mass is 9.86. The summed E-state index contributed by atoms with van der Waals surface area (Å²) in [4.78, 5) is 20.5. The third-order valence-corrected chi connectivity index (χ3v) is 6.93. The molecule has 4 heterocycles. The van der Waals surface area contributed by atoms with Crippen molar-refractivity contribution < 1.29 is 4.74 Å². The highest BCUT2D eigenvalue weighted by atomic mass is 16.5. The Kier molecular flexibility index (Phi) is 4.88. The van der Waals surface area contributed by atoms with Crippen LogP contribution >= 0.6 is 0 Å². The van der Waals surface area contributed by atoms with Crippen molar-refractivity contribution >= 4 is 21.9 Å². The van der Waals surface area contributed by atoms with E-state index in [0.717, 1.165) is 53.7 Å². The molecule has 3 aromatic heterocycles. The highest BCUT2D eigenvalue weighted by molar-refractivity contribution is 5.95. The quantitative estimate of drug-likeness (QED) is 0.434. The van der Waals surface area contributed by atoms with E-state index in [4.69, 9.17) is 9.72 Å². The number of aromatic amines is 1. The molecule has 0 saturated carbocycles. The van der Waals surface area contributed by atoms with E-state index in [1.165, 1.54) is 5.56 Å². The van der Waals surface area contributed by atoms with Gasteiger partial charge in [-0.3, -0.25) is 4.79 Å². The van der Waals surface area contributed by atoms with Crippen LogP contribution in [0.25, 0.3) is 33.1 Å². The average molecular weight is 439 g/mol. The Balaban J connectivity index is 1.53. The summed E-state index contributed by atoms with van der Waals surface area (Å²) in [5, 5.41) is 0.702. The smallest absolute Gasteiger partial charge is 0.259 e. The van der Waals surface area contributed by atoms with Crippen molar-refractivity contribution in [2.75, 3.05) is 13.2 Å². The van der Waals surface area contributed by atoms with Gasteiger partial charge < -0.3 is 18.9 Å². The van der Waals surface area contributed by atoms with Gasteiger partial charge in [0.1, 0.15) is 0 Å². The van der Waals surface area contributed by atoms with Gasteiger partial charge >= 0.3 is 0 Å². The fourth-order valence-corrected chi connectivity index (χ4v) is 5.25. The van der Waals surface area contributed by atoms with Crippen LogP contribution in [0.3, 0.4) is 0 Å². The van der Waals surface area contributed by atoms with E-state index in [9.17, 15) is 4.79 Å². The lowest BCUT2D eigenvalue weighted by Crippen LogP contribution is -2.26. The van der Waals surface area contributed by atoms with Crippen LogP contribution in [0, 0.1) is 5.92 Å². The first-order valence-electron chi connectivity index (χ1n) is 11.5. The highest BCUT2D eigenvalue weighted by Crippen LogP contribution is 2.37. The number of ether oxygens (including phenoxy) is 1. The van der Waals surface area contributed by atoms with E-state index >= 15 is 0 Å². The van der Waals surface area contributed by atoms with Crippen molar-refractivity contribution in [3.8, 4) is 11.1 Å². The summed E-state index contributed by atoms with van der Waals surface area (Å²) in [5.41, 5.74) is 6.31. The first-order chi connectivity index (χ1) is 16.2. The molecule has 6 nitrogen and oxygen atoms in total. The number of aromatic nitrogens is 4. The summed E-state index contributed by atoms with van der Waals surface area (Å²) >= 11 is 0. The topological polar surface area (TPSA) is 64.8 Å². The molecule has 1 saturated heterocycles. The fraction of sp³-hybridized carbons (Fsp3) is 0.259. The predicted octanol–water partition coefficient (Wildman–Crippen LogP) is 4.90. The fourth-order valence-electron chi connectivity index (χ4n) is 5.25. The molecule has 1 fully saturated rings. The molecule has 0 amide bonds. The zero-order valence-electron chi connectivity index (χ0n) is 18.6. The normalized spacial score (nSPS) is 15.9. The third kappa shape index (κ3) is 3.38. The third-order valence-electron chi connectivity index (χ3n) is 6.93. The number of nitrogens with zero attached hydrogens (tertiary/aromatic N) is 3. The summed E-state index contributed by atoms with van der Waals surface area (Å²) in [5.74, 6) is 0.481. The minimum atomic E-state index is 0.00442. The molecule has 5 aromatic rings. The summed E-state index contributed by atoms with van der Waals surface area (Å²) in [6, 6.07) is 19.1. The Labute approximate surface area is 191 Å².